The third-order valence-electron chi connectivity index (χ3n) is 3.94. The second kappa shape index (κ2) is 4.98. The van der Waals surface area contributed by atoms with E-state index in [1.54, 1.807) is 36.4 Å². The maximum Gasteiger partial charge on any atom is 0.177 e. The Morgan fingerprint density at radius 1 is 0.727 bits per heavy atom. The van der Waals surface area contributed by atoms with Gasteiger partial charge >= 0.3 is 0 Å². The molecule has 0 heterocycles. The van der Waals surface area contributed by atoms with Gasteiger partial charge in [-0.05, 0) is 24.3 Å². The Balaban J connectivity index is 2.50. The maximum absolute atomic E-state index is 11.1. The topological polar surface area (TPSA) is 40.5 Å². The molecular weight excluding hydrogens is 408 g/mol. The maximum atomic E-state index is 11.1. The molecule has 1 aliphatic carbocycles. The molecule has 2 N–H and O–H groups in total. The van der Waals surface area contributed by atoms with Gasteiger partial charge in [0, 0.05) is 31.2 Å². The van der Waals surface area contributed by atoms with Crippen molar-refractivity contribution in [2.75, 3.05) is 0 Å². The molecule has 2 unspecified atom stereocenters. The van der Waals surface area contributed by atoms with E-state index in [1.165, 1.54) is 0 Å². The summed E-state index contributed by atoms with van der Waals surface area (Å²) >= 11 is 6.72. The molecule has 4 heteroatoms. The summed E-state index contributed by atoms with van der Waals surface area (Å²) in [6, 6.07) is 10.2. The summed E-state index contributed by atoms with van der Waals surface area (Å²) in [6.07, 6.45) is 11.3. The van der Waals surface area contributed by atoms with E-state index in [-0.39, 0.29) is 0 Å². The van der Waals surface area contributed by atoms with Gasteiger partial charge in [-0.25, -0.2) is 0 Å². The molecule has 0 bridgehead atoms. The van der Waals surface area contributed by atoms with Gasteiger partial charge in [0.2, 0.25) is 0 Å². The van der Waals surface area contributed by atoms with Crippen molar-refractivity contribution in [3.05, 3.63) is 67.6 Å². The van der Waals surface area contributed by atoms with Gasteiger partial charge in [-0.15, -0.1) is 12.8 Å². The first-order valence-corrected chi connectivity index (χ1v) is 7.96. The van der Waals surface area contributed by atoms with E-state index in [4.69, 9.17) is 12.8 Å². The largest absolute Gasteiger partial charge is 0.369 e. The van der Waals surface area contributed by atoms with E-state index < -0.39 is 11.2 Å². The zero-order chi connectivity index (χ0) is 16.1. The fraction of sp³-hybridized carbons (Fsp3) is 0.111. The van der Waals surface area contributed by atoms with Crippen LogP contribution in [0.25, 0.3) is 0 Å². The average molecular weight is 418 g/mol. The quantitative estimate of drug-likeness (QED) is 0.646. The molecule has 0 spiro atoms. The monoisotopic (exact) mass is 416 g/mol. The van der Waals surface area contributed by atoms with Crippen LogP contribution in [0.5, 0.6) is 0 Å². The van der Waals surface area contributed by atoms with Crippen LogP contribution in [0, 0.1) is 24.7 Å². The van der Waals surface area contributed by atoms with Gasteiger partial charge in [0.05, 0.1) is 0 Å². The molecule has 0 saturated carbocycles. The molecule has 2 nitrogen and oxygen atoms in total. The lowest BCUT2D eigenvalue weighted by Gasteiger charge is -2.40. The van der Waals surface area contributed by atoms with Gasteiger partial charge in [0.25, 0.3) is 0 Å². The van der Waals surface area contributed by atoms with Crippen LogP contribution < -0.4 is 0 Å². The molecule has 2 aromatic carbocycles. The predicted molar refractivity (Wildman–Crippen MR) is 91.9 cm³/mol. The number of terminal acetylenes is 2. The Bertz CT molecular complexity index is 802. The molecule has 0 saturated heterocycles. The van der Waals surface area contributed by atoms with Crippen LogP contribution in [0.15, 0.2) is 45.3 Å². The Morgan fingerprint density at radius 3 is 1.41 bits per heavy atom. The third kappa shape index (κ3) is 1.89. The number of halogens is 2. The van der Waals surface area contributed by atoms with Gasteiger partial charge in [0.1, 0.15) is 0 Å². The second-order valence-corrected chi connectivity index (χ2v) is 6.92. The summed E-state index contributed by atoms with van der Waals surface area (Å²) < 4.78 is 1.47. The van der Waals surface area contributed by atoms with Gasteiger partial charge in [-0.1, -0.05) is 55.8 Å². The lowest BCUT2D eigenvalue weighted by atomic mass is 9.68. The number of fused-ring (bicyclic) bond motifs is 2. The van der Waals surface area contributed by atoms with Crippen molar-refractivity contribution in [2.45, 2.75) is 11.2 Å². The van der Waals surface area contributed by atoms with Crippen LogP contribution in [0.1, 0.15) is 22.3 Å². The summed E-state index contributed by atoms with van der Waals surface area (Å²) in [7, 11) is 0. The minimum atomic E-state index is -1.65. The molecule has 22 heavy (non-hydrogen) atoms. The fourth-order valence-electron chi connectivity index (χ4n) is 2.86. The molecule has 1 aliphatic rings. The fourth-order valence-corrected chi connectivity index (χ4v) is 3.59. The average Bonchev–Trinajstić information content (AvgIpc) is 2.52. The van der Waals surface area contributed by atoms with Crippen molar-refractivity contribution in [3.63, 3.8) is 0 Å². The minimum absolute atomic E-state index is 0.402. The SMILES string of the molecule is C#CC1(O)c2ccc(Br)cc2C(O)(C#C)c2ccc(Br)cc21. The molecule has 0 aromatic heterocycles. The summed E-state index contributed by atoms with van der Waals surface area (Å²) in [5.74, 6) is 4.88. The molecule has 2 aromatic rings. The van der Waals surface area contributed by atoms with Crippen molar-refractivity contribution in [3.8, 4) is 24.7 Å². The highest BCUT2D eigenvalue weighted by molar-refractivity contribution is 9.10. The van der Waals surface area contributed by atoms with Crippen molar-refractivity contribution < 1.29 is 10.2 Å². The number of rotatable bonds is 0. The molecule has 0 aliphatic heterocycles. The molecule has 0 radical (unpaired) electrons. The van der Waals surface area contributed by atoms with E-state index >= 15 is 0 Å². The minimum Gasteiger partial charge on any atom is -0.369 e. The van der Waals surface area contributed by atoms with E-state index in [2.05, 4.69) is 43.7 Å². The Hall–Kier alpha value is -1.56. The van der Waals surface area contributed by atoms with Crippen LogP contribution in [0.2, 0.25) is 0 Å². The molecule has 2 atom stereocenters. The molecular formula is C18H10Br2O2. The zero-order valence-electron chi connectivity index (χ0n) is 11.3. The summed E-state index contributed by atoms with van der Waals surface area (Å²) in [5.41, 5.74) is -1.69. The molecule has 0 fully saturated rings. The standard InChI is InChI=1S/C18H10Br2O2/c1-3-17(21)13-7-5-12(20)10-16(13)18(22,4-2)14-8-6-11(19)9-15(14)17/h1-2,5-10,21-22H. The lowest BCUT2D eigenvalue weighted by Crippen LogP contribution is -2.41. The van der Waals surface area contributed by atoms with Gasteiger partial charge in [-0.2, -0.15) is 0 Å². The van der Waals surface area contributed by atoms with E-state index in [0.29, 0.717) is 22.3 Å². The van der Waals surface area contributed by atoms with Gasteiger partial charge in [-0.3, -0.25) is 0 Å². The van der Waals surface area contributed by atoms with Crippen molar-refractivity contribution >= 4 is 31.9 Å². The number of hydrogen-bond donors (Lipinski definition) is 2. The predicted octanol–water partition coefficient (Wildman–Crippen LogP) is 3.26. The first kappa shape index (κ1) is 15.3. The van der Waals surface area contributed by atoms with Crippen molar-refractivity contribution in [2.24, 2.45) is 0 Å². The summed E-state index contributed by atoms with van der Waals surface area (Å²) in [6.45, 7) is 0. The van der Waals surface area contributed by atoms with Crippen LogP contribution in [0.4, 0.5) is 0 Å². The first-order chi connectivity index (χ1) is 10.4. The van der Waals surface area contributed by atoms with E-state index in [0.717, 1.165) is 8.95 Å². The highest BCUT2D eigenvalue weighted by Gasteiger charge is 2.48. The number of aliphatic hydroxyl groups is 2. The van der Waals surface area contributed by atoms with E-state index in [9.17, 15) is 10.2 Å². The van der Waals surface area contributed by atoms with Crippen LogP contribution >= 0.6 is 31.9 Å². The molecule has 0 amide bonds. The highest BCUT2D eigenvalue weighted by atomic mass is 79.9. The van der Waals surface area contributed by atoms with Crippen molar-refractivity contribution in [1.29, 1.82) is 0 Å². The molecule has 108 valence electrons. The third-order valence-corrected chi connectivity index (χ3v) is 4.93. The summed E-state index contributed by atoms with van der Waals surface area (Å²) in [4.78, 5) is 0. The highest BCUT2D eigenvalue weighted by Crippen LogP contribution is 2.48. The molecule has 3 rings (SSSR count). The lowest BCUT2D eigenvalue weighted by molar-refractivity contribution is 0.0945. The van der Waals surface area contributed by atoms with Crippen molar-refractivity contribution in [1.82, 2.24) is 0 Å². The smallest absolute Gasteiger partial charge is 0.177 e. The van der Waals surface area contributed by atoms with Gasteiger partial charge < -0.3 is 10.2 Å². The Morgan fingerprint density at radius 2 is 1.09 bits per heavy atom. The van der Waals surface area contributed by atoms with Gasteiger partial charge in [0.15, 0.2) is 11.2 Å². The Labute approximate surface area is 145 Å². The zero-order valence-corrected chi connectivity index (χ0v) is 14.4. The van der Waals surface area contributed by atoms with Crippen LogP contribution in [0.3, 0.4) is 0 Å². The van der Waals surface area contributed by atoms with E-state index in [1.807, 2.05) is 0 Å². The Kier molecular flexibility index (Phi) is 3.47. The first-order valence-electron chi connectivity index (χ1n) is 6.38. The van der Waals surface area contributed by atoms with Crippen LogP contribution in [-0.2, 0) is 11.2 Å². The van der Waals surface area contributed by atoms with Crippen LogP contribution in [-0.4, -0.2) is 10.2 Å². The number of benzene rings is 2. The normalized spacial score (nSPS) is 25.5. The summed E-state index contributed by atoms with van der Waals surface area (Å²) in [5, 5.41) is 22.2. The second-order valence-electron chi connectivity index (χ2n) is 5.09. The number of hydrogen-bond acceptors (Lipinski definition) is 2.